The Morgan fingerprint density at radius 1 is 0.519 bits per heavy atom. The first kappa shape index (κ1) is 22.5. The van der Waals surface area contributed by atoms with Crippen LogP contribution in [-0.4, -0.2) is 4.98 Å². The van der Waals surface area contributed by atoms with Crippen molar-refractivity contribution in [1.82, 2.24) is 4.98 Å². The molecule has 0 aliphatic carbocycles. The molecule has 5 rings (SSSR count). The van der Waals surface area contributed by atoms with Crippen molar-refractivity contribution < 1.29 is 0 Å². The van der Waals surface area contributed by atoms with Gasteiger partial charge in [-0.1, -0.05) is 97.9 Å². The largest absolute Gasteiger partial charge is 0.361 e. The molecule has 0 radical (unpaired) electrons. The molecule has 0 spiro atoms. The van der Waals surface area contributed by atoms with E-state index in [0.29, 0.717) is 0 Å². The molecule has 1 heterocycles. The molecule has 0 unspecified atom stereocenters. The zero-order chi connectivity index (χ0) is 20.4. The van der Waals surface area contributed by atoms with Crippen LogP contribution in [0.3, 0.4) is 0 Å². The summed E-state index contributed by atoms with van der Waals surface area (Å²) in [4.78, 5) is 3.37. The second-order valence-corrected chi connectivity index (χ2v) is 5.17. The van der Waals surface area contributed by atoms with Crippen molar-refractivity contribution >= 4 is 43.2 Å². The molecule has 1 N–H and O–H groups in total. The van der Waals surface area contributed by atoms with E-state index in [-0.39, 0.29) is 0 Å². The zero-order valence-corrected chi connectivity index (χ0v) is 18.3. The Morgan fingerprint density at radius 2 is 1.07 bits per heavy atom. The summed E-state index contributed by atoms with van der Waals surface area (Å²) in [6, 6.07) is 19.9. The molecular weight excluding hydrogens is 326 g/mol. The molecule has 0 fully saturated rings. The lowest BCUT2D eigenvalue weighted by atomic mass is 9.93. The van der Waals surface area contributed by atoms with Crippen molar-refractivity contribution in [2.75, 3.05) is 0 Å². The van der Waals surface area contributed by atoms with Crippen LogP contribution in [0.15, 0.2) is 60.8 Å². The predicted octanol–water partition coefficient (Wildman–Crippen LogP) is 9.17. The van der Waals surface area contributed by atoms with E-state index in [9.17, 15) is 0 Å². The summed E-state index contributed by atoms with van der Waals surface area (Å²) in [6.45, 7) is 16.0. The smallest absolute Gasteiger partial charge is 0.0534 e. The average molecular weight is 362 g/mol. The van der Waals surface area contributed by atoms with Crippen molar-refractivity contribution in [2.45, 2.75) is 55.4 Å². The third-order valence-corrected chi connectivity index (χ3v) is 4.17. The highest BCUT2D eigenvalue weighted by Crippen LogP contribution is 2.37. The number of H-pyrrole nitrogens is 1. The van der Waals surface area contributed by atoms with Gasteiger partial charge in [0.2, 0.25) is 0 Å². The van der Waals surface area contributed by atoms with Crippen molar-refractivity contribution in [2.24, 2.45) is 0 Å². The number of aromatic nitrogens is 1. The topological polar surface area (TPSA) is 15.8 Å². The van der Waals surface area contributed by atoms with Crippen molar-refractivity contribution in [3.8, 4) is 0 Å². The second kappa shape index (κ2) is 11.2. The standard InChI is InChI=1S/C18H11N.4C2H6/c1-2-11-4-5-13-10-14-8-9-19-18(14)15-7-6-12(3-1)16(11)17(13)15;4*1-2/h1-10,19H;4*1-2H3. The Kier molecular flexibility index (Phi) is 9.36. The lowest BCUT2D eigenvalue weighted by molar-refractivity contribution is 1.49. The van der Waals surface area contributed by atoms with Gasteiger partial charge in [-0.25, -0.2) is 0 Å². The first-order chi connectivity index (χ1) is 13.4. The van der Waals surface area contributed by atoms with Gasteiger partial charge in [-0.2, -0.15) is 0 Å². The first-order valence-corrected chi connectivity index (χ1v) is 10.6. The summed E-state index contributed by atoms with van der Waals surface area (Å²) in [5.41, 5.74) is 1.24. The number of benzene rings is 4. The Balaban J connectivity index is 0.000000410. The molecule has 0 amide bonds. The number of hydrogen-bond acceptors (Lipinski definition) is 0. The van der Waals surface area contributed by atoms with E-state index in [1.807, 2.05) is 61.6 Å². The third-order valence-electron chi connectivity index (χ3n) is 4.17. The third kappa shape index (κ3) is 4.08. The van der Waals surface area contributed by atoms with E-state index in [2.05, 4.69) is 59.6 Å². The summed E-state index contributed by atoms with van der Waals surface area (Å²) in [6.07, 6.45) is 2.02. The van der Waals surface area contributed by atoms with E-state index in [1.54, 1.807) is 0 Å². The Labute approximate surface area is 164 Å². The van der Waals surface area contributed by atoms with Crippen LogP contribution >= 0.6 is 0 Å². The van der Waals surface area contributed by atoms with Gasteiger partial charge in [0.25, 0.3) is 0 Å². The average Bonchev–Trinajstić information content (AvgIpc) is 3.26. The fraction of sp³-hybridized carbons (Fsp3) is 0.308. The highest BCUT2D eigenvalue weighted by Gasteiger charge is 2.10. The molecule has 1 aromatic heterocycles. The quantitative estimate of drug-likeness (QED) is 0.265. The molecular formula is C26H35N. The minimum atomic E-state index is 1.24. The molecule has 0 saturated heterocycles. The molecule has 0 aliphatic rings. The van der Waals surface area contributed by atoms with Crippen molar-refractivity contribution in [3.63, 3.8) is 0 Å². The predicted molar refractivity (Wildman–Crippen MR) is 127 cm³/mol. The van der Waals surface area contributed by atoms with Gasteiger partial charge in [0, 0.05) is 17.0 Å². The monoisotopic (exact) mass is 361 g/mol. The van der Waals surface area contributed by atoms with Gasteiger partial charge in [-0.3, -0.25) is 0 Å². The van der Waals surface area contributed by atoms with E-state index in [4.69, 9.17) is 0 Å². The number of aromatic amines is 1. The molecule has 1 heteroatoms. The lowest BCUT2D eigenvalue weighted by Gasteiger charge is -2.11. The Morgan fingerprint density at radius 3 is 1.70 bits per heavy atom. The van der Waals surface area contributed by atoms with Gasteiger partial charge in [0.1, 0.15) is 0 Å². The number of nitrogens with one attached hydrogen (secondary N) is 1. The van der Waals surface area contributed by atoms with Gasteiger partial charge >= 0.3 is 0 Å². The van der Waals surface area contributed by atoms with Gasteiger partial charge in [-0.15, -0.1) is 0 Å². The van der Waals surface area contributed by atoms with Crippen molar-refractivity contribution in [1.29, 1.82) is 0 Å². The van der Waals surface area contributed by atoms with E-state index < -0.39 is 0 Å². The van der Waals surface area contributed by atoms with Crippen LogP contribution in [0.4, 0.5) is 0 Å². The van der Waals surface area contributed by atoms with Gasteiger partial charge in [-0.05, 0) is 39.1 Å². The number of hydrogen-bond donors (Lipinski definition) is 1. The maximum atomic E-state index is 3.37. The van der Waals surface area contributed by atoms with Crippen LogP contribution in [0, 0.1) is 0 Å². The summed E-state index contributed by atoms with van der Waals surface area (Å²) < 4.78 is 0. The van der Waals surface area contributed by atoms with Crippen LogP contribution in [0.25, 0.3) is 43.2 Å². The van der Waals surface area contributed by atoms with Crippen LogP contribution in [-0.2, 0) is 0 Å². The molecule has 0 bridgehead atoms. The van der Waals surface area contributed by atoms with Crippen LogP contribution < -0.4 is 0 Å². The summed E-state index contributed by atoms with van der Waals surface area (Å²) in [5.74, 6) is 0. The van der Waals surface area contributed by atoms with Gasteiger partial charge in [0.15, 0.2) is 0 Å². The van der Waals surface area contributed by atoms with Crippen LogP contribution in [0.1, 0.15) is 55.4 Å². The molecule has 27 heavy (non-hydrogen) atoms. The summed E-state index contributed by atoms with van der Waals surface area (Å²) >= 11 is 0. The minimum Gasteiger partial charge on any atom is -0.361 e. The number of rotatable bonds is 0. The lowest BCUT2D eigenvalue weighted by Crippen LogP contribution is -1.84. The van der Waals surface area contributed by atoms with E-state index >= 15 is 0 Å². The van der Waals surface area contributed by atoms with E-state index in [1.165, 1.54) is 43.2 Å². The Hall–Kier alpha value is -2.54. The molecule has 5 aromatic rings. The van der Waals surface area contributed by atoms with Crippen molar-refractivity contribution in [3.05, 3.63) is 60.8 Å². The molecule has 0 atom stereocenters. The molecule has 0 aliphatic heterocycles. The van der Waals surface area contributed by atoms with Gasteiger partial charge in [0.05, 0.1) is 5.52 Å². The summed E-state index contributed by atoms with van der Waals surface area (Å²) in [5, 5.41) is 9.33. The first-order valence-electron chi connectivity index (χ1n) is 10.6. The molecule has 1 nitrogen and oxygen atoms in total. The maximum Gasteiger partial charge on any atom is 0.0534 e. The molecule has 0 saturated carbocycles. The maximum absolute atomic E-state index is 3.37. The van der Waals surface area contributed by atoms with Crippen LogP contribution in [0.5, 0.6) is 0 Å². The van der Waals surface area contributed by atoms with E-state index in [0.717, 1.165) is 0 Å². The number of fused-ring (bicyclic) bond motifs is 2. The SMILES string of the molecule is CC.CC.CC.CC.c1cc2ccc3cc4cc[nH]c4c4ccc(c1)c2c34. The van der Waals surface area contributed by atoms with Gasteiger partial charge < -0.3 is 4.98 Å². The molecule has 144 valence electrons. The summed E-state index contributed by atoms with van der Waals surface area (Å²) in [7, 11) is 0. The molecule has 4 aromatic carbocycles. The highest BCUT2D eigenvalue weighted by molar-refractivity contribution is 6.28. The second-order valence-electron chi connectivity index (χ2n) is 5.17. The normalized spacial score (nSPS) is 9.48. The Bertz CT molecular complexity index is 1040. The fourth-order valence-electron chi connectivity index (χ4n) is 3.34. The zero-order valence-electron chi connectivity index (χ0n) is 18.3. The minimum absolute atomic E-state index is 1.24. The van der Waals surface area contributed by atoms with Crippen LogP contribution in [0.2, 0.25) is 0 Å². The fourth-order valence-corrected chi connectivity index (χ4v) is 3.34. The highest BCUT2D eigenvalue weighted by atomic mass is 14.7.